The minimum atomic E-state index is -3.12. The van der Waals surface area contributed by atoms with Crippen LogP contribution in [0.25, 0.3) is 0 Å². The van der Waals surface area contributed by atoms with Crippen molar-refractivity contribution in [3.05, 3.63) is 59.7 Å². The number of rotatable bonds is 9. The maximum Gasteiger partial charge on any atom is 0.254 e. The molecule has 0 aromatic heterocycles. The van der Waals surface area contributed by atoms with Gasteiger partial charge in [-0.3, -0.25) is 4.79 Å². The second-order valence-electron chi connectivity index (χ2n) is 7.44. The van der Waals surface area contributed by atoms with Crippen molar-refractivity contribution in [3.8, 4) is 11.5 Å². The van der Waals surface area contributed by atoms with Crippen molar-refractivity contribution in [2.45, 2.75) is 39.3 Å². The molecule has 0 N–H and O–H groups in total. The Morgan fingerprint density at radius 3 is 2.47 bits per heavy atom. The van der Waals surface area contributed by atoms with Gasteiger partial charge in [-0.15, -0.1) is 0 Å². The van der Waals surface area contributed by atoms with Gasteiger partial charge in [-0.25, -0.2) is 8.42 Å². The van der Waals surface area contributed by atoms with Crippen LogP contribution < -0.4 is 9.47 Å². The summed E-state index contributed by atoms with van der Waals surface area (Å²) >= 11 is 0. The fourth-order valence-electron chi connectivity index (χ4n) is 3.55. The van der Waals surface area contributed by atoms with Gasteiger partial charge in [0.05, 0.1) is 24.7 Å². The second kappa shape index (κ2) is 9.98. The number of nitrogens with zero attached hydrogens (tertiary/aromatic N) is 1. The van der Waals surface area contributed by atoms with E-state index in [4.69, 9.17) is 9.47 Å². The van der Waals surface area contributed by atoms with E-state index in [9.17, 15) is 13.2 Å². The molecule has 0 radical (unpaired) electrons. The average molecular weight is 432 g/mol. The van der Waals surface area contributed by atoms with Crippen molar-refractivity contribution in [1.82, 2.24) is 4.90 Å². The van der Waals surface area contributed by atoms with E-state index < -0.39 is 9.84 Å². The molecular formula is C23H29NO5S. The highest BCUT2D eigenvalue weighted by molar-refractivity contribution is 7.91. The molecule has 6 nitrogen and oxygen atoms in total. The molecule has 2 aromatic carbocycles. The quantitative estimate of drug-likeness (QED) is 0.605. The standard InChI is InChI=1S/C23H29NO5S/c1-3-13-29-22-7-5-6-19(15-22)23(25)24(20-12-14-30(26,27)17-20)16-18-8-10-21(11-9-18)28-4-2/h5-11,15,20H,3-4,12-14,16-17H2,1-2H3. The van der Waals surface area contributed by atoms with Gasteiger partial charge < -0.3 is 14.4 Å². The van der Waals surface area contributed by atoms with E-state index in [1.807, 2.05) is 44.2 Å². The molecule has 1 atom stereocenters. The van der Waals surface area contributed by atoms with Crippen molar-refractivity contribution in [2.75, 3.05) is 24.7 Å². The topological polar surface area (TPSA) is 72.9 Å². The molecule has 0 aliphatic carbocycles. The summed E-state index contributed by atoms with van der Waals surface area (Å²) in [6.45, 7) is 5.45. The van der Waals surface area contributed by atoms with E-state index in [0.29, 0.717) is 37.5 Å². The maximum atomic E-state index is 13.4. The Morgan fingerprint density at radius 2 is 1.83 bits per heavy atom. The molecule has 1 fully saturated rings. The van der Waals surface area contributed by atoms with Crippen LogP contribution >= 0.6 is 0 Å². The SMILES string of the molecule is CCCOc1cccc(C(=O)N(Cc2ccc(OCC)cc2)C2CCS(=O)(=O)C2)c1. The van der Waals surface area contributed by atoms with Gasteiger partial charge in [0.1, 0.15) is 11.5 Å². The van der Waals surface area contributed by atoms with E-state index >= 15 is 0 Å². The molecule has 1 aliphatic heterocycles. The Hall–Kier alpha value is -2.54. The van der Waals surface area contributed by atoms with Gasteiger partial charge >= 0.3 is 0 Å². The number of amides is 1. The fourth-order valence-corrected chi connectivity index (χ4v) is 5.28. The lowest BCUT2D eigenvalue weighted by Gasteiger charge is -2.29. The van der Waals surface area contributed by atoms with Crippen LogP contribution in [0.3, 0.4) is 0 Å². The summed E-state index contributed by atoms with van der Waals surface area (Å²) in [4.78, 5) is 15.1. The predicted molar refractivity (Wildman–Crippen MR) is 117 cm³/mol. The first-order valence-electron chi connectivity index (χ1n) is 10.4. The van der Waals surface area contributed by atoms with Crippen molar-refractivity contribution >= 4 is 15.7 Å². The summed E-state index contributed by atoms with van der Waals surface area (Å²) in [5, 5.41) is 0. The highest BCUT2D eigenvalue weighted by Gasteiger charge is 2.35. The molecule has 2 aromatic rings. The third kappa shape index (κ3) is 5.75. The highest BCUT2D eigenvalue weighted by atomic mass is 32.2. The number of hydrogen-bond acceptors (Lipinski definition) is 5. The molecular weight excluding hydrogens is 402 g/mol. The molecule has 1 unspecified atom stereocenters. The summed E-state index contributed by atoms with van der Waals surface area (Å²) in [5.74, 6) is 1.34. The normalized spacial score (nSPS) is 17.5. The first-order chi connectivity index (χ1) is 14.4. The number of benzene rings is 2. The summed E-state index contributed by atoms with van der Waals surface area (Å²) in [6.07, 6.45) is 1.33. The van der Waals surface area contributed by atoms with Crippen LogP contribution in [0.1, 0.15) is 42.6 Å². The molecule has 30 heavy (non-hydrogen) atoms. The third-order valence-corrected chi connectivity index (χ3v) is 6.80. The lowest BCUT2D eigenvalue weighted by molar-refractivity contribution is 0.0680. The number of carbonyl (C=O) groups is 1. The fraction of sp³-hybridized carbons (Fsp3) is 0.435. The molecule has 1 aliphatic rings. The summed E-state index contributed by atoms with van der Waals surface area (Å²) in [5.41, 5.74) is 1.42. The minimum Gasteiger partial charge on any atom is -0.494 e. The van der Waals surface area contributed by atoms with Crippen LogP contribution in [0.15, 0.2) is 48.5 Å². The number of hydrogen-bond donors (Lipinski definition) is 0. The van der Waals surface area contributed by atoms with Gasteiger partial charge in [0.25, 0.3) is 5.91 Å². The van der Waals surface area contributed by atoms with E-state index in [-0.39, 0.29) is 23.5 Å². The lowest BCUT2D eigenvalue weighted by atomic mass is 10.1. The zero-order chi connectivity index (χ0) is 21.6. The van der Waals surface area contributed by atoms with Gasteiger partial charge in [0.15, 0.2) is 9.84 Å². The van der Waals surface area contributed by atoms with Crippen molar-refractivity contribution < 1.29 is 22.7 Å². The maximum absolute atomic E-state index is 13.4. The molecule has 0 bridgehead atoms. The Balaban J connectivity index is 1.84. The molecule has 0 spiro atoms. The second-order valence-corrected chi connectivity index (χ2v) is 9.67. The Bertz CT molecular complexity index is 956. The molecule has 1 amide bonds. The van der Waals surface area contributed by atoms with Crippen molar-refractivity contribution in [2.24, 2.45) is 0 Å². The van der Waals surface area contributed by atoms with E-state index in [1.54, 1.807) is 23.1 Å². The first-order valence-corrected chi connectivity index (χ1v) is 12.2. The molecule has 3 rings (SSSR count). The van der Waals surface area contributed by atoms with Crippen LogP contribution in [-0.4, -0.2) is 50.0 Å². The number of ether oxygens (including phenoxy) is 2. The van der Waals surface area contributed by atoms with E-state index in [2.05, 4.69) is 0 Å². The van der Waals surface area contributed by atoms with Crippen LogP contribution in [0.2, 0.25) is 0 Å². The van der Waals surface area contributed by atoms with Crippen LogP contribution in [0.4, 0.5) is 0 Å². The average Bonchev–Trinajstić information content (AvgIpc) is 3.11. The van der Waals surface area contributed by atoms with Gasteiger partial charge in [0.2, 0.25) is 0 Å². The Kier molecular flexibility index (Phi) is 7.37. The third-order valence-electron chi connectivity index (χ3n) is 5.05. The van der Waals surface area contributed by atoms with Gasteiger partial charge in [-0.05, 0) is 55.7 Å². The van der Waals surface area contributed by atoms with Crippen LogP contribution in [0, 0.1) is 0 Å². The van der Waals surface area contributed by atoms with Gasteiger partial charge in [0, 0.05) is 18.2 Å². The molecule has 162 valence electrons. The monoisotopic (exact) mass is 431 g/mol. The smallest absolute Gasteiger partial charge is 0.254 e. The van der Waals surface area contributed by atoms with Gasteiger partial charge in [-0.1, -0.05) is 25.1 Å². The lowest BCUT2D eigenvalue weighted by Crippen LogP contribution is -2.40. The van der Waals surface area contributed by atoms with E-state index in [0.717, 1.165) is 17.7 Å². The zero-order valence-electron chi connectivity index (χ0n) is 17.5. The Morgan fingerprint density at radius 1 is 1.07 bits per heavy atom. The molecule has 1 saturated heterocycles. The largest absolute Gasteiger partial charge is 0.494 e. The molecule has 1 heterocycles. The number of sulfone groups is 1. The highest BCUT2D eigenvalue weighted by Crippen LogP contribution is 2.24. The van der Waals surface area contributed by atoms with Crippen LogP contribution in [0.5, 0.6) is 11.5 Å². The minimum absolute atomic E-state index is 0.00178. The van der Waals surface area contributed by atoms with Crippen molar-refractivity contribution in [3.63, 3.8) is 0 Å². The summed E-state index contributed by atoms with van der Waals surface area (Å²) < 4.78 is 35.3. The summed E-state index contributed by atoms with van der Waals surface area (Å²) in [6, 6.07) is 14.3. The molecule has 0 saturated carbocycles. The Labute approximate surface area is 178 Å². The predicted octanol–water partition coefficient (Wildman–Crippen LogP) is 3.70. The van der Waals surface area contributed by atoms with E-state index in [1.165, 1.54) is 0 Å². The van der Waals surface area contributed by atoms with Crippen LogP contribution in [-0.2, 0) is 16.4 Å². The summed E-state index contributed by atoms with van der Waals surface area (Å²) in [7, 11) is -3.12. The number of carbonyl (C=O) groups excluding carboxylic acids is 1. The molecule has 7 heteroatoms. The zero-order valence-corrected chi connectivity index (χ0v) is 18.4. The van der Waals surface area contributed by atoms with Gasteiger partial charge in [-0.2, -0.15) is 0 Å². The first kappa shape index (κ1) is 22.2. The van der Waals surface area contributed by atoms with Crippen molar-refractivity contribution in [1.29, 1.82) is 0 Å².